The minimum absolute atomic E-state index is 0.142. The molecule has 0 saturated heterocycles. The van der Waals surface area contributed by atoms with Crippen LogP contribution in [-0.2, 0) is 0 Å². The van der Waals surface area contributed by atoms with Crippen molar-refractivity contribution in [1.82, 2.24) is 0 Å². The highest BCUT2D eigenvalue weighted by Crippen LogP contribution is 2.26. The standard InChI is InChI=1S/C22H19BO4/c1-24-19-7-3-17-13-21(9-5-15(17)11-19)26-23-27-22-10-6-16-12-20(25-2)8-4-18(16)14-22/h3-14,23H,1-2H3. The summed E-state index contributed by atoms with van der Waals surface area (Å²) in [5.74, 6) is 3.21. The van der Waals surface area contributed by atoms with Gasteiger partial charge in [0.15, 0.2) is 0 Å². The third-order valence-corrected chi connectivity index (χ3v) is 4.49. The Kier molecular flexibility index (Phi) is 4.75. The molecule has 4 aromatic carbocycles. The first-order valence-electron chi connectivity index (χ1n) is 8.66. The van der Waals surface area contributed by atoms with Crippen molar-refractivity contribution in [2.24, 2.45) is 0 Å². The average molecular weight is 358 g/mol. The van der Waals surface area contributed by atoms with Crippen molar-refractivity contribution in [2.75, 3.05) is 14.2 Å². The minimum atomic E-state index is 0.142. The van der Waals surface area contributed by atoms with E-state index in [0.29, 0.717) is 0 Å². The molecule has 4 nitrogen and oxygen atoms in total. The van der Waals surface area contributed by atoms with Crippen LogP contribution in [0.25, 0.3) is 21.5 Å². The summed E-state index contributed by atoms with van der Waals surface area (Å²) < 4.78 is 22.0. The zero-order chi connectivity index (χ0) is 18.6. The average Bonchev–Trinajstić information content (AvgIpc) is 2.72. The molecule has 0 bridgehead atoms. The maximum absolute atomic E-state index is 5.75. The van der Waals surface area contributed by atoms with E-state index in [9.17, 15) is 0 Å². The first kappa shape index (κ1) is 17.1. The van der Waals surface area contributed by atoms with Gasteiger partial charge in [-0.05, 0) is 70.1 Å². The van der Waals surface area contributed by atoms with E-state index in [1.54, 1.807) is 14.2 Å². The van der Waals surface area contributed by atoms with Gasteiger partial charge in [-0.15, -0.1) is 0 Å². The summed E-state index contributed by atoms with van der Waals surface area (Å²) in [5.41, 5.74) is 0. The normalized spacial score (nSPS) is 10.6. The fraction of sp³-hybridized carbons (Fsp3) is 0.0909. The highest BCUT2D eigenvalue weighted by atomic mass is 16.6. The van der Waals surface area contributed by atoms with Crippen LogP contribution in [0.1, 0.15) is 0 Å². The first-order valence-corrected chi connectivity index (χ1v) is 8.66. The number of fused-ring (bicyclic) bond motifs is 2. The molecule has 0 saturated carbocycles. The number of hydrogen-bond acceptors (Lipinski definition) is 4. The molecule has 0 atom stereocenters. The Bertz CT molecular complexity index is 1010. The summed E-state index contributed by atoms with van der Waals surface area (Å²) in [5, 5.41) is 4.39. The number of hydrogen-bond donors (Lipinski definition) is 0. The highest BCUT2D eigenvalue weighted by Gasteiger charge is 2.04. The molecule has 27 heavy (non-hydrogen) atoms. The molecule has 0 N–H and O–H groups in total. The Morgan fingerprint density at radius 3 is 1.19 bits per heavy atom. The second-order valence-electron chi connectivity index (χ2n) is 6.16. The van der Waals surface area contributed by atoms with Crippen LogP contribution < -0.4 is 18.8 Å². The summed E-state index contributed by atoms with van der Waals surface area (Å²) in [7, 11) is 3.47. The van der Waals surface area contributed by atoms with Crippen molar-refractivity contribution in [2.45, 2.75) is 0 Å². The first-order chi connectivity index (χ1) is 13.2. The van der Waals surface area contributed by atoms with Crippen molar-refractivity contribution in [3.05, 3.63) is 72.8 Å². The minimum Gasteiger partial charge on any atom is -0.529 e. The van der Waals surface area contributed by atoms with E-state index < -0.39 is 0 Å². The summed E-state index contributed by atoms with van der Waals surface area (Å²) in [6, 6.07) is 23.8. The molecule has 0 fully saturated rings. The van der Waals surface area contributed by atoms with E-state index in [0.717, 1.165) is 44.5 Å². The molecule has 0 spiro atoms. The van der Waals surface area contributed by atoms with Crippen LogP contribution in [0.4, 0.5) is 0 Å². The molecule has 0 aliphatic heterocycles. The van der Waals surface area contributed by atoms with Crippen molar-refractivity contribution in [3.8, 4) is 23.0 Å². The van der Waals surface area contributed by atoms with E-state index >= 15 is 0 Å². The lowest BCUT2D eigenvalue weighted by Gasteiger charge is -2.10. The van der Waals surface area contributed by atoms with Gasteiger partial charge in [-0.1, -0.05) is 24.3 Å². The van der Waals surface area contributed by atoms with E-state index in [1.807, 2.05) is 72.8 Å². The van der Waals surface area contributed by atoms with Crippen molar-refractivity contribution in [3.63, 3.8) is 0 Å². The molecule has 0 amide bonds. The van der Waals surface area contributed by atoms with E-state index in [1.165, 1.54) is 0 Å². The highest BCUT2D eigenvalue weighted by molar-refractivity contribution is 6.21. The summed E-state index contributed by atoms with van der Waals surface area (Å²) in [4.78, 5) is 0. The maximum Gasteiger partial charge on any atom is 0.576 e. The van der Waals surface area contributed by atoms with Gasteiger partial charge >= 0.3 is 7.69 Å². The largest absolute Gasteiger partial charge is 0.576 e. The van der Waals surface area contributed by atoms with Gasteiger partial charge in [-0.25, -0.2) is 0 Å². The molecule has 4 rings (SSSR count). The van der Waals surface area contributed by atoms with Crippen LogP contribution in [0.3, 0.4) is 0 Å². The molecular weight excluding hydrogens is 339 g/mol. The third-order valence-electron chi connectivity index (χ3n) is 4.49. The van der Waals surface area contributed by atoms with Gasteiger partial charge in [0.1, 0.15) is 23.0 Å². The Morgan fingerprint density at radius 2 is 0.815 bits per heavy atom. The summed E-state index contributed by atoms with van der Waals surface area (Å²) in [6.45, 7) is 0. The second-order valence-corrected chi connectivity index (χ2v) is 6.16. The summed E-state index contributed by atoms with van der Waals surface area (Å²) in [6.07, 6.45) is 0. The number of methoxy groups -OCH3 is 2. The molecular formula is C22H19BO4. The zero-order valence-electron chi connectivity index (χ0n) is 15.3. The Balaban J connectivity index is 1.43. The van der Waals surface area contributed by atoms with Gasteiger partial charge in [0.25, 0.3) is 0 Å². The fourth-order valence-electron chi connectivity index (χ4n) is 3.00. The van der Waals surface area contributed by atoms with Crippen molar-refractivity contribution in [1.29, 1.82) is 0 Å². The van der Waals surface area contributed by atoms with E-state index in [4.69, 9.17) is 18.8 Å². The SMILES string of the molecule is COc1ccc2cc(OBOc3ccc4cc(OC)ccc4c3)ccc2c1. The van der Waals surface area contributed by atoms with Gasteiger partial charge in [0, 0.05) is 0 Å². The fourth-order valence-corrected chi connectivity index (χ4v) is 3.00. The van der Waals surface area contributed by atoms with Crippen LogP contribution in [0, 0.1) is 0 Å². The zero-order valence-corrected chi connectivity index (χ0v) is 15.3. The Labute approximate surface area is 158 Å². The summed E-state index contributed by atoms with van der Waals surface area (Å²) >= 11 is 0. The monoisotopic (exact) mass is 358 g/mol. The van der Waals surface area contributed by atoms with Crippen molar-refractivity contribution < 1.29 is 18.8 Å². The van der Waals surface area contributed by atoms with E-state index in [-0.39, 0.29) is 7.69 Å². The molecule has 0 aromatic heterocycles. The van der Waals surface area contributed by atoms with Gasteiger partial charge in [0.05, 0.1) is 14.2 Å². The molecule has 0 aliphatic rings. The van der Waals surface area contributed by atoms with Gasteiger partial charge in [0.2, 0.25) is 0 Å². The number of ether oxygens (including phenoxy) is 2. The van der Waals surface area contributed by atoms with Crippen LogP contribution in [0.15, 0.2) is 72.8 Å². The molecule has 0 unspecified atom stereocenters. The topological polar surface area (TPSA) is 36.9 Å². The van der Waals surface area contributed by atoms with Crippen LogP contribution in [0.5, 0.6) is 23.0 Å². The van der Waals surface area contributed by atoms with E-state index in [2.05, 4.69) is 0 Å². The molecule has 0 aliphatic carbocycles. The molecule has 4 aromatic rings. The Hall–Kier alpha value is -3.34. The van der Waals surface area contributed by atoms with Crippen LogP contribution in [-0.4, -0.2) is 21.9 Å². The maximum atomic E-state index is 5.75. The predicted molar refractivity (Wildman–Crippen MR) is 109 cm³/mol. The third kappa shape index (κ3) is 3.77. The van der Waals surface area contributed by atoms with Gasteiger partial charge in [-0.3, -0.25) is 0 Å². The smallest absolute Gasteiger partial charge is 0.529 e. The molecule has 5 heteroatoms. The lowest BCUT2D eigenvalue weighted by atomic mass is 10.1. The lowest BCUT2D eigenvalue weighted by molar-refractivity contribution is 0.415. The quantitative estimate of drug-likeness (QED) is 0.467. The predicted octanol–water partition coefficient (Wildman–Crippen LogP) is 4.73. The second kappa shape index (κ2) is 7.50. The van der Waals surface area contributed by atoms with Crippen LogP contribution in [0.2, 0.25) is 0 Å². The van der Waals surface area contributed by atoms with Crippen LogP contribution >= 0.6 is 0 Å². The Morgan fingerprint density at radius 1 is 0.481 bits per heavy atom. The lowest BCUT2D eigenvalue weighted by Crippen LogP contribution is -2.10. The van der Waals surface area contributed by atoms with Crippen molar-refractivity contribution >= 4 is 29.2 Å². The molecule has 134 valence electrons. The van der Waals surface area contributed by atoms with Gasteiger partial charge < -0.3 is 18.8 Å². The molecule has 0 heterocycles. The van der Waals surface area contributed by atoms with Gasteiger partial charge in [-0.2, -0.15) is 0 Å². The molecule has 0 radical (unpaired) electrons. The number of benzene rings is 4. The number of rotatable bonds is 6.